The lowest BCUT2D eigenvalue weighted by Crippen LogP contribution is -2.46. The first-order chi connectivity index (χ1) is 8.76. The molecule has 0 aromatic heterocycles. The number of aryl methyl sites for hydroxylation is 1. The first kappa shape index (κ1) is 12.2. The molecule has 0 saturated carbocycles. The highest BCUT2D eigenvalue weighted by Crippen LogP contribution is 2.31. The summed E-state index contributed by atoms with van der Waals surface area (Å²) in [5.74, 6) is 0. The zero-order chi connectivity index (χ0) is 12.5. The Morgan fingerprint density at radius 1 is 1.33 bits per heavy atom. The second-order valence-electron chi connectivity index (χ2n) is 5.58. The van der Waals surface area contributed by atoms with Gasteiger partial charge in [-0.25, -0.2) is 0 Å². The van der Waals surface area contributed by atoms with E-state index in [9.17, 15) is 0 Å². The fourth-order valence-corrected chi connectivity index (χ4v) is 3.27. The van der Waals surface area contributed by atoms with Crippen molar-refractivity contribution in [3.05, 3.63) is 35.4 Å². The van der Waals surface area contributed by atoms with Crippen molar-refractivity contribution in [1.29, 1.82) is 0 Å². The molecule has 98 valence electrons. The Kier molecular flexibility index (Phi) is 3.37. The van der Waals surface area contributed by atoms with Crippen molar-refractivity contribution in [3.63, 3.8) is 0 Å². The van der Waals surface area contributed by atoms with E-state index in [1.54, 1.807) is 0 Å². The molecule has 1 aromatic carbocycles. The molecule has 3 nitrogen and oxygen atoms in total. The highest BCUT2D eigenvalue weighted by atomic mass is 16.5. The minimum atomic E-state index is 0.344. The number of nitrogens with two attached hydrogens (primary N) is 1. The summed E-state index contributed by atoms with van der Waals surface area (Å²) in [6, 6.07) is 9.07. The van der Waals surface area contributed by atoms with Gasteiger partial charge in [-0.2, -0.15) is 0 Å². The van der Waals surface area contributed by atoms with Crippen molar-refractivity contribution < 1.29 is 4.74 Å². The van der Waals surface area contributed by atoms with Gasteiger partial charge in [-0.3, -0.25) is 4.90 Å². The first-order valence-corrected chi connectivity index (χ1v) is 6.92. The number of nitrogens with zero attached hydrogens (tertiary/aromatic N) is 1. The van der Waals surface area contributed by atoms with E-state index in [-0.39, 0.29) is 0 Å². The zero-order valence-corrected chi connectivity index (χ0v) is 11.0. The molecular weight excluding hydrogens is 224 g/mol. The van der Waals surface area contributed by atoms with Gasteiger partial charge in [0.1, 0.15) is 0 Å². The largest absolute Gasteiger partial charge is 0.372 e. The summed E-state index contributed by atoms with van der Waals surface area (Å²) in [7, 11) is 0. The van der Waals surface area contributed by atoms with E-state index in [1.807, 2.05) is 0 Å². The number of fused-ring (bicyclic) bond motifs is 2. The summed E-state index contributed by atoms with van der Waals surface area (Å²) in [4.78, 5) is 2.51. The topological polar surface area (TPSA) is 38.5 Å². The van der Waals surface area contributed by atoms with E-state index in [4.69, 9.17) is 10.5 Å². The Hall–Kier alpha value is -0.900. The number of rotatable bonds is 3. The van der Waals surface area contributed by atoms with Crippen LogP contribution in [0, 0.1) is 6.92 Å². The van der Waals surface area contributed by atoms with Gasteiger partial charge in [-0.15, -0.1) is 0 Å². The lowest BCUT2D eigenvalue weighted by atomic mass is 10.0. The fourth-order valence-electron chi connectivity index (χ4n) is 3.27. The molecular formula is C15H22N2O. The van der Waals surface area contributed by atoms with E-state index in [2.05, 4.69) is 36.1 Å². The van der Waals surface area contributed by atoms with Crippen molar-refractivity contribution in [1.82, 2.24) is 4.90 Å². The maximum atomic E-state index is 6.01. The van der Waals surface area contributed by atoms with Crippen LogP contribution in [-0.2, 0) is 4.74 Å². The standard InChI is InChI=1S/C15H22N2O/c1-11-3-2-4-12(7-11)15(8-16)17-9-13-5-6-14(10-17)18-13/h2-4,7,13-15H,5-6,8-10,16H2,1H3. The summed E-state index contributed by atoms with van der Waals surface area (Å²) >= 11 is 0. The van der Waals surface area contributed by atoms with Crippen LogP contribution in [0.3, 0.4) is 0 Å². The molecule has 3 unspecified atom stereocenters. The Labute approximate surface area is 109 Å². The fraction of sp³-hybridized carbons (Fsp3) is 0.600. The monoisotopic (exact) mass is 246 g/mol. The van der Waals surface area contributed by atoms with Gasteiger partial charge in [-0.05, 0) is 25.3 Å². The molecule has 18 heavy (non-hydrogen) atoms. The van der Waals surface area contributed by atoms with Gasteiger partial charge in [-0.1, -0.05) is 29.8 Å². The van der Waals surface area contributed by atoms with Crippen LogP contribution in [0.5, 0.6) is 0 Å². The predicted octanol–water partition coefficient (Wildman–Crippen LogP) is 1.86. The normalized spacial score (nSPS) is 29.4. The van der Waals surface area contributed by atoms with Crippen molar-refractivity contribution in [2.24, 2.45) is 5.73 Å². The van der Waals surface area contributed by atoms with E-state index in [1.165, 1.54) is 24.0 Å². The summed E-state index contributed by atoms with van der Waals surface area (Å²) in [5.41, 5.74) is 8.67. The molecule has 1 aromatic rings. The van der Waals surface area contributed by atoms with E-state index in [0.29, 0.717) is 24.8 Å². The summed E-state index contributed by atoms with van der Waals surface area (Å²) in [6.07, 6.45) is 3.30. The van der Waals surface area contributed by atoms with Crippen LogP contribution in [0.1, 0.15) is 30.0 Å². The molecule has 0 aliphatic carbocycles. The molecule has 2 fully saturated rings. The molecule has 0 amide bonds. The van der Waals surface area contributed by atoms with Crippen molar-refractivity contribution in [2.75, 3.05) is 19.6 Å². The van der Waals surface area contributed by atoms with Crippen LogP contribution < -0.4 is 5.73 Å². The van der Waals surface area contributed by atoms with Crippen LogP contribution >= 0.6 is 0 Å². The Bertz CT molecular complexity index is 409. The summed E-state index contributed by atoms with van der Waals surface area (Å²) in [5, 5.41) is 0. The quantitative estimate of drug-likeness (QED) is 0.884. The molecule has 3 heteroatoms. The average Bonchev–Trinajstić information content (AvgIpc) is 2.70. The maximum Gasteiger partial charge on any atom is 0.0707 e. The van der Waals surface area contributed by atoms with Gasteiger partial charge in [0.2, 0.25) is 0 Å². The Balaban J connectivity index is 1.80. The SMILES string of the molecule is Cc1cccc(C(CN)N2CC3CCC(C2)O3)c1. The smallest absolute Gasteiger partial charge is 0.0707 e. The number of hydrogen-bond donors (Lipinski definition) is 1. The van der Waals surface area contributed by atoms with E-state index >= 15 is 0 Å². The summed E-state index contributed by atoms with van der Waals surface area (Å²) in [6.45, 7) is 4.89. The lowest BCUT2D eigenvalue weighted by Gasteiger charge is -2.37. The average molecular weight is 246 g/mol. The molecule has 3 atom stereocenters. The highest BCUT2D eigenvalue weighted by molar-refractivity contribution is 5.25. The van der Waals surface area contributed by atoms with Gasteiger partial charge < -0.3 is 10.5 Å². The minimum absolute atomic E-state index is 0.344. The van der Waals surface area contributed by atoms with Gasteiger partial charge >= 0.3 is 0 Å². The van der Waals surface area contributed by atoms with Crippen LogP contribution in [-0.4, -0.2) is 36.7 Å². The highest BCUT2D eigenvalue weighted by Gasteiger charge is 2.36. The molecule has 2 saturated heterocycles. The van der Waals surface area contributed by atoms with E-state index < -0.39 is 0 Å². The number of morpholine rings is 1. The van der Waals surface area contributed by atoms with Crippen LogP contribution in [0.15, 0.2) is 24.3 Å². The third-order valence-corrected chi connectivity index (χ3v) is 4.16. The molecule has 0 radical (unpaired) electrons. The van der Waals surface area contributed by atoms with Gasteiger partial charge in [0, 0.05) is 25.7 Å². The molecule has 0 spiro atoms. The predicted molar refractivity (Wildman–Crippen MR) is 72.4 cm³/mol. The number of likely N-dealkylation sites (tertiary alicyclic amines) is 1. The van der Waals surface area contributed by atoms with Crippen LogP contribution in [0.2, 0.25) is 0 Å². The number of benzene rings is 1. The second-order valence-corrected chi connectivity index (χ2v) is 5.58. The van der Waals surface area contributed by atoms with Gasteiger partial charge in [0.25, 0.3) is 0 Å². The number of ether oxygens (including phenoxy) is 1. The molecule has 3 rings (SSSR count). The minimum Gasteiger partial charge on any atom is -0.372 e. The van der Waals surface area contributed by atoms with E-state index in [0.717, 1.165) is 13.1 Å². The van der Waals surface area contributed by atoms with Crippen LogP contribution in [0.25, 0.3) is 0 Å². The maximum absolute atomic E-state index is 6.01. The Morgan fingerprint density at radius 3 is 2.67 bits per heavy atom. The van der Waals surface area contributed by atoms with Crippen LogP contribution in [0.4, 0.5) is 0 Å². The molecule has 2 heterocycles. The third kappa shape index (κ3) is 2.30. The molecule has 2 bridgehead atoms. The first-order valence-electron chi connectivity index (χ1n) is 6.92. The summed E-state index contributed by atoms with van der Waals surface area (Å²) < 4.78 is 5.90. The molecule has 2 N–H and O–H groups in total. The zero-order valence-electron chi connectivity index (χ0n) is 11.0. The van der Waals surface area contributed by atoms with Crippen molar-refractivity contribution in [3.8, 4) is 0 Å². The van der Waals surface area contributed by atoms with Crippen molar-refractivity contribution >= 4 is 0 Å². The second kappa shape index (κ2) is 5.00. The molecule has 2 aliphatic heterocycles. The Morgan fingerprint density at radius 2 is 2.06 bits per heavy atom. The third-order valence-electron chi connectivity index (χ3n) is 4.16. The molecule has 2 aliphatic rings. The van der Waals surface area contributed by atoms with Crippen molar-refractivity contribution in [2.45, 2.75) is 38.0 Å². The number of hydrogen-bond acceptors (Lipinski definition) is 3. The van der Waals surface area contributed by atoms with Gasteiger partial charge in [0.05, 0.1) is 12.2 Å². The lowest BCUT2D eigenvalue weighted by molar-refractivity contribution is -0.0521. The van der Waals surface area contributed by atoms with Gasteiger partial charge in [0.15, 0.2) is 0 Å².